The molecule has 3 rings (SSSR count). The van der Waals surface area contributed by atoms with E-state index in [1.165, 1.54) is 24.0 Å². The molecule has 150 valence electrons. The molecule has 1 amide bonds. The molecule has 1 aliphatic heterocycles. The fraction of sp³-hybridized carbons (Fsp3) is 0.458. The summed E-state index contributed by atoms with van der Waals surface area (Å²) in [6, 6.07) is 16.3. The van der Waals surface area contributed by atoms with Crippen molar-refractivity contribution >= 4 is 5.91 Å². The Balaban J connectivity index is 1.62. The van der Waals surface area contributed by atoms with Crippen LogP contribution >= 0.6 is 0 Å². The maximum absolute atomic E-state index is 12.7. The molecule has 0 saturated carbocycles. The monoisotopic (exact) mass is 380 g/mol. The van der Waals surface area contributed by atoms with Crippen molar-refractivity contribution < 1.29 is 9.53 Å². The number of carbonyl (C=O) groups is 1. The van der Waals surface area contributed by atoms with Crippen molar-refractivity contribution in [3.63, 3.8) is 0 Å². The summed E-state index contributed by atoms with van der Waals surface area (Å²) in [6.45, 7) is 9.82. The molecule has 4 nitrogen and oxygen atoms in total. The smallest absolute Gasteiger partial charge is 0.251 e. The van der Waals surface area contributed by atoms with Crippen molar-refractivity contribution in [2.24, 2.45) is 5.92 Å². The number of nitrogens with one attached hydrogen (secondary N) is 1. The SMILES string of the molecule is Cc1ccc(C(CNC(=O)c2ccc(OCC(C)C)cc2)N2CCCC2)cc1. The maximum atomic E-state index is 12.7. The highest BCUT2D eigenvalue weighted by molar-refractivity contribution is 5.94. The van der Waals surface area contributed by atoms with Crippen molar-refractivity contribution in [1.82, 2.24) is 10.2 Å². The van der Waals surface area contributed by atoms with Gasteiger partial charge in [-0.1, -0.05) is 43.7 Å². The lowest BCUT2D eigenvalue weighted by atomic mass is 10.0. The normalized spacial score (nSPS) is 15.6. The Kier molecular flexibility index (Phi) is 7.10. The molecule has 0 radical (unpaired) electrons. The number of hydrogen-bond donors (Lipinski definition) is 1. The molecular formula is C24H32N2O2. The molecule has 2 aromatic rings. The van der Waals surface area contributed by atoms with Crippen molar-refractivity contribution in [2.75, 3.05) is 26.2 Å². The van der Waals surface area contributed by atoms with Crippen LogP contribution in [0.1, 0.15) is 54.2 Å². The van der Waals surface area contributed by atoms with Gasteiger partial charge >= 0.3 is 0 Å². The van der Waals surface area contributed by atoms with Crippen molar-refractivity contribution in [1.29, 1.82) is 0 Å². The first-order valence-corrected chi connectivity index (χ1v) is 10.3. The number of nitrogens with zero attached hydrogens (tertiary/aromatic N) is 1. The zero-order valence-electron chi connectivity index (χ0n) is 17.3. The number of rotatable bonds is 8. The molecule has 28 heavy (non-hydrogen) atoms. The van der Waals surface area contributed by atoms with E-state index >= 15 is 0 Å². The zero-order chi connectivity index (χ0) is 19.9. The van der Waals surface area contributed by atoms with Crippen LogP contribution in [0.4, 0.5) is 0 Å². The highest BCUT2D eigenvalue weighted by Gasteiger charge is 2.24. The average Bonchev–Trinajstić information content (AvgIpc) is 3.22. The van der Waals surface area contributed by atoms with Gasteiger partial charge < -0.3 is 10.1 Å². The third-order valence-electron chi connectivity index (χ3n) is 5.20. The summed E-state index contributed by atoms with van der Waals surface area (Å²) in [5.41, 5.74) is 3.19. The Morgan fingerprint density at radius 1 is 1.04 bits per heavy atom. The van der Waals surface area contributed by atoms with Gasteiger partial charge in [0.2, 0.25) is 0 Å². The molecule has 0 aromatic heterocycles. The summed E-state index contributed by atoms with van der Waals surface area (Å²) in [7, 11) is 0. The van der Waals surface area contributed by atoms with E-state index < -0.39 is 0 Å². The molecule has 0 bridgehead atoms. The van der Waals surface area contributed by atoms with Gasteiger partial charge in [-0.15, -0.1) is 0 Å². The molecule has 1 atom stereocenters. The number of amides is 1. The summed E-state index contributed by atoms with van der Waals surface area (Å²) in [5, 5.41) is 3.14. The van der Waals surface area contributed by atoms with Gasteiger partial charge in [0, 0.05) is 12.1 Å². The fourth-order valence-corrected chi connectivity index (χ4v) is 3.56. The number of aryl methyl sites for hydroxylation is 1. The minimum Gasteiger partial charge on any atom is -0.493 e. The lowest BCUT2D eigenvalue weighted by Gasteiger charge is -2.28. The first-order chi connectivity index (χ1) is 13.5. The van der Waals surface area contributed by atoms with E-state index in [1.807, 2.05) is 24.3 Å². The lowest BCUT2D eigenvalue weighted by molar-refractivity contribution is 0.0938. The lowest BCUT2D eigenvalue weighted by Crippen LogP contribution is -2.36. The Bertz CT molecular complexity index is 747. The third-order valence-corrected chi connectivity index (χ3v) is 5.20. The van der Waals surface area contributed by atoms with Gasteiger partial charge in [-0.05, 0) is 68.6 Å². The molecule has 4 heteroatoms. The second kappa shape index (κ2) is 9.74. The first-order valence-electron chi connectivity index (χ1n) is 10.3. The molecule has 1 N–H and O–H groups in total. The van der Waals surface area contributed by atoms with E-state index in [4.69, 9.17) is 4.74 Å². The van der Waals surface area contributed by atoms with Crippen LogP contribution in [0.25, 0.3) is 0 Å². The minimum atomic E-state index is -0.0354. The second-order valence-corrected chi connectivity index (χ2v) is 8.11. The van der Waals surface area contributed by atoms with Gasteiger partial charge in [-0.25, -0.2) is 0 Å². The minimum absolute atomic E-state index is 0.0354. The maximum Gasteiger partial charge on any atom is 0.251 e. The Hall–Kier alpha value is -2.33. The van der Waals surface area contributed by atoms with Gasteiger partial charge in [-0.3, -0.25) is 9.69 Å². The van der Waals surface area contributed by atoms with Crippen LogP contribution in [-0.2, 0) is 0 Å². The van der Waals surface area contributed by atoms with Gasteiger partial charge in [0.1, 0.15) is 5.75 Å². The number of likely N-dealkylation sites (tertiary alicyclic amines) is 1. The number of hydrogen-bond acceptors (Lipinski definition) is 3. The molecule has 1 aliphatic rings. The summed E-state index contributed by atoms with van der Waals surface area (Å²) in [5.74, 6) is 1.25. The van der Waals surface area contributed by atoms with Gasteiger partial charge in [0.15, 0.2) is 0 Å². The van der Waals surface area contributed by atoms with Crippen molar-refractivity contribution in [3.8, 4) is 5.75 Å². The van der Waals surface area contributed by atoms with Crippen LogP contribution in [-0.4, -0.2) is 37.0 Å². The molecule has 1 saturated heterocycles. The average molecular weight is 381 g/mol. The summed E-state index contributed by atoms with van der Waals surface area (Å²) >= 11 is 0. The topological polar surface area (TPSA) is 41.6 Å². The van der Waals surface area contributed by atoms with E-state index in [0.717, 1.165) is 18.8 Å². The molecular weight excluding hydrogens is 348 g/mol. The summed E-state index contributed by atoms with van der Waals surface area (Å²) in [6.07, 6.45) is 2.46. The Morgan fingerprint density at radius 2 is 1.68 bits per heavy atom. The quantitative estimate of drug-likeness (QED) is 0.728. The molecule has 0 aliphatic carbocycles. The predicted octanol–water partition coefficient (Wildman–Crippen LogP) is 4.60. The van der Waals surface area contributed by atoms with Crippen LogP contribution in [0, 0.1) is 12.8 Å². The molecule has 0 spiro atoms. The number of carbonyl (C=O) groups excluding carboxylic acids is 1. The predicted molar refractivity (Wildman–Crippen MR) is 114 cm³/mol. The third kappa shape index (κ3) is 5.59. The number of benzene rings is 2. The summed E-state index contributed by atoms with van der Waals surface area (Å²) in [4.78, 5) is 15.1. The fourth-order valence-electron chi connectivity index (χ4n) is 3.56. The zero-order valence-corrected chi connectivity index (χ0v) is 17.3. The molecule has 1 fully saturated rings. The Labute approximate surface area is 168 Å². The van der Waals surface area contributed by atoms with Gasteiger partial charge in [0.25, 0.3) is 5.91 Å². The van der Waals surface area contributed by atoms with Gasteiger partial charge in [0.05, 0.1) is 12.6 Å². The van der Waals surface area contributed by atoms with Crippen LogP contribution in [0.5, 0.6) is 5.75 Å². The second-order valence-electron chi connectivity index (χ2n) is 8.11. The molecule has 1 heterocycles. The van der Waals surface area contributed by atoms with E-state index in [2.05, 4.69) is 55.3 Å². The van der Waals surface area contributed by atoms with E-state index in [-0.39, 0.29) is 11.9 Å². The van der Waals surface area contributed by atoms with E-state index in [1.54, 1.807) is 0 Å². The summed E-state index contributed by atoms with van der Waals surface area (Å²) < 4.78 is 5.70. The Morgan fingerprint density at radius 3 is 2.29 bits per heavy atom. The van der Waals surface area contributed by atoms with Crippen LogP contribution in [0.15, 0.2) is 48.5 Å². The van der Waals surface area contributed by atoms with Crippen molar-refractivity contribution in [2.45, 2.75) is 39.7 Å². The first kappa shape index (κ1) is 20.4. The highest BCUT2D eigenvalue weighted by atomic mass is 16.5. The van der Waals surface area contributed by atoms with Crippen molar-refractivity contribution in [3.05, 3.63) is 65.2 Å². The molecule has 1 unspecified atom stereocenters. The largest absolute Gasteiger partial charge is 0.493 e. The van der Waals surface area contributed by atoms with Crippen LogP contribution in [0.3, 0.4) is 0 Å². The van der Waals surface area contributed by atoms with E-state index in [9.17, 15) is 4.79 Å². The van der Waals surface area contributed by atoms with Crippen LogP contribution < -0.4 is 10.1 Å². The molecule has 2 aromatic carbocycles. The van der Waals surface area contributed by atoms with E-state index in [0.29, 0.717) is 24.6 Å². The van der Waals surface area contributed by atoms with Crippen LogP contribution in [0.2, 0.25) is 0 Å². The number of ether oxygens (including phenoxy) is 1. The van der Waals surface area contributed by atoms with Gasteiger partial charge in [-0.2, -0.15) is 0 Å². The standard InChI is InChI=1S/C24H32N2O2/c1-18(2)17-28-22-12-10-21(11-13-22)24(27)25-16-23(26-14-4-5-15-26)20-8-6-19(3)7-9-20/h6-13,18,23H,4-5,14-17H2,1-3H3,(H,25,27). The highest BCUT2D eigenvalue weighted by Crippen LogP contribution is 2.25.